The van der Waals surface area contributed by atoms with Crippen LogP contribution in [0.4, 0.5) is 4.79 Å². The number of aliphatic hydroxyl groups excluding tert-OH is 2. The number of carbonyl (C=O) groups is 1. The van der Waals surface area contributed by atoms with Gasteiger partial charge in [-0.2, -0.15) is 0 Å². The molecule has 0 aliphatic heterocycles. The van der Waals surface area contributed by atoms with Crippen molar-refractivity contribution >= 4 is 16.1 Å². The van der Waals surface area contributed by atoms with Crippen LogP contribution >= 0.6 is 0 Å². The molecule has 10 atom stereocenters. The van der Waals surface area contributed by atoms with E-state index in [9.17, 15) is 23.4 Å². The molecule has 1 aromatic rings. The number of nitrogens with one attached hydrogen (secondary N) is 1. The van der Waals surface area contributed by atoms with Gasteiger partial charge in [-0.05, 0) is 124 Å². The number of fused-ring (bicyclic) bond motifs is 5. The highest BCUT2D eigenvalue weighted by atomic mass is 32.2. The molecular formula is C32H49N3O7S. The molecule has 0 aromatic carbocycles. The molecule has 5 aliphatic rings. The highest BCUT2D eigenvalue weighted by Crippen LogP contribution is 2.68. The monoisotopic (exact) mass is 619 g/mol. The fraction of sp³-hybridized carbons (Fsp3) is 0.844. The lowest BCUT2D eigenvalue weighted by atomic mass is 9.43. The van der Waals surface area contributed by atoms with Crippen molar-refractivity contribution in [2.24, 2.45) is 46.3 Å². The van der Waals surface area contributed by atoms with Crippen LogP contribution in [0, 0.1) is 46.3 Å². The van der Waals surface area contributed by atoms with Crippen LogP contribution in [0.3, 0.4) is 0 Å². The van der Waals surface area contributed by atoms with Gasteiger partial charge < -0.3 is 19.7 Å². The van der Waals surface area contributed by atoms with Crippen molar-refractivity contribution in [2.75, 3.05) is 6.61 Å². The Balaban J connectivity index is 1.05. The lowest BCUT2D eigenvalue weighted by molar-refractivity contribution is -0.174. The molecule has 11 heteroatoms. The van der Waals surface area contributed by atoms with E-state index in [1.807, 2.05) is 11.6 Å². The molecule has 5 saturated carbocycles. The SMILES string of the molecule is C[C@H](COC(=O)NS(=O)(=O)c1cnc(OC2(C)CCC2)nc1)[C@H]1CC[C@H]2[C@@H]3[C@H](O)C[C@@H]4C[C@H](O)CC[C@]4(C)[C@H]3CC[C@]12C. The highest BCUT2D eigenvalue weighted by Gasteiger charge is 2.63. The van der Waals surface area contributed by atoms with Gasteiger partial charge in [0.15, 0.2) is 0 Å². The summed E-state index contributed by atoms with van der Waals surface area (Å²) in [5, 5.41) is 21.8. The van der Waals surface area contributed by atoms with Gasteiger partial charge in [0.2, 0.25) is 0 Å². The van der Waals surface area contributed by atoms with Crippen molar-refractivity contribution in [1.29, 1.82) is 0 Å². The average Bonchev–Trinajstić information content (AvgIpc) is 3.29. The molecule has 3 N–H and O–H groups in total. The Morgan fingerprint density at radius 2 is 1.67 bits per heavy atom. The number of rotatable bonds is 7. The van der Waals surface area contributed by atoms with E-state index in [1.54, 1.807) is 0 Å². The van der Waals surface area contributed by atoms with Crippen LogP contribution in [0.1, 0.15) is 98.3 Å². The maximum Gasteiger partial charge on any atom is 0.421 e. The normalized spacial score (nSPS) is 40.7. The predicted molar refractivity (Wildman–Crippen MR) is 158 cm³/mol. The molecule has 1 heterocycles. The molecule has 1 aromatic heterocycles. The second-order valence-corrected chi connectivity index (χ2v) is 16.9. The maximum atomic E-state index is 12.8. The van der Waals surface area contributed by atoms with Crippen molar-refractivity contribution in [3.63, 3.8) is 0 Å². The Morgan fingerprint density at radius 3 is 2.35 bits per heavy atom. The Kier molecular flexibility index (Phi) is 8.02. The number of sulfonamides is 1. The lowest BCUT2D eigenvalue weighted by Gasteiger charge is -2.62. The smallest absolute Gasteiger partial charge is 0.421 e. The highest BCUT2D eigenvalue weighted by molar-refractivity contribution is 7.90. The van der Waals surface area contributed by atoms with E-state index in [0.29, 0.717) is 23.7 Å². The molecule has 1 amide bonds. The number of aliphatic hydroxyl groups is 2. The third kappa shape index (κ3) is 5.56. The summed E-state index contributed by atoms with van der Waals surface area (Å²) in [5.41, 5.74) is -0.108. The second-order valence-electron chi connectivity index (χ2n) is 15.2. The summed E-state index contributed by atoms with van der Waals surface area (Å²) in [5.74, 6) is 1.88. The van der Waals surface area contributed by atoms with Crippen LogP contribution in [-0.2, 0) is 14.8 Å². The van der Waals surface area contributed by atoms with Crippen molar-refractivity contribution in [2.45, 2.75) is 121 Å². The van der Waals surface area contributed by atoms with Crippen LogP contribution in [0.2, 0.25) is 0 Å². The molecule has 240 valence electrons. The first-order chi connectivity index (χ1) is 20.2. The van der Waals surface area contributed by atoms with Gasteiger partial charge in [-0.1, -0.05) is 20.8 Å². The quantitative estimate of drug-likeness (QED) is 0.390. The summed E-state index contributed by atoms with van der Waals surface area (Å²) in [7, 11) is -4.20. The van der Waals surface area contributed by atoms with E-state index in [0.717, 1.165) is 83.0 Å². The number of aromatic nitrogens is 2. The number of nitrogens with zero attached hydrogens (tertiary/aromatic N) is 2. The van der Waals surface area contributed by atoms with Crippen LogP contribution in [-0.4, -0.2) is 59.1 Å². The van der Waals surface area contributed by atoms with E-state index in [2.05, 4.69) is 30.7 Å². The third-order valence-electron chi connectivity index (χ3n) is 12.8. The van der Waals surface area contributed by atoms with Gasteiger partial charge in [-0.3, -0.25) is 0 Å². The molecule has 0 spiro atoms. The molecule has 0 saturated heterocycles. The fourth-order valence-corrected chi connectivity index (χ4v) is 11.0. The molecule has 5 fully saturated rings. The average molecular weight is 620 g/mol. The van der Waals surface area contributed by atoms with Gasteiger partial charge in [-0.15, -0.1) is 0 Å². The van der Waals surface area contributed by atoms with Crippen molar-refractivity contribution in [1.82, 2.24) is 14.7 Å². The molecule has 6 rings (SSSR count). The summed E-state index contributed by atoms with van der Waals surface area (Å²) in [6, 6.07) is 0.113. The molecule has 0 bridgehead atoms. The first-order valence-electron chi connectivity index (χ1n) is 16.3. The molecular weight excluding hydrogens is 570 g/mol. The first-order valence-corrected chi connectivity index (χ1v) is 17.8. The van der Waals surface area contributed by atoms with E-state index in [-0.39, 0.29) is 58.0 Å². The maximum absolute atomic E-state index is 12.8. The largest absolute Gasteiger partial charge is 0.457 e. The summed E-state index contributed by atoms with van der Waals surface area (Å²) >= 11 is 0. The van der Waals surface area contributed by atoms with Crippen molar-refractivity contribution in [3.05, 3.63) is 12.4 Å². The van der Waals surface area contributed by atoms with Gasteiger partial charge in [0.05, 0.1) is 31.2 Å². The van der Waals surface area contributed by atoms with Crippen molar-refractivity contribution < 1.29 is 32.9 Å². The van der Waals surface area contributed by atoms with Gasteiger partial charge in [0.1, 0.15) is 10.5 Å². The zero-order valence-electron chi connectivity index (χ0n) is 26.0. The number of ether oxygens (including phenoxy) is 2. The third-order valence-corrected chi connectivity index (χ3v) is 14.0. The molecule has 5 aliphatic carbocycles. The molecule has 0 radical (unpaired) electrons. The van der Waals surface area contributed by atoms with Crippen LogP contribution in [0.15, 0.2) is 17.3 Å². The Hall–Kier alpha value is -1.98. The van der Waals surface area contributed by atoms with Crippen molar-refractivity contribution in [3.8, 4) is 6.01 Å². The second kappa shape index (κ2) is 11.1. The number of carbonyl (C=O) groups excluding carboxylic acids is 1. The summed E-state index contributed by atoms with van der Waals surface area (Å²) < 4.78 is 38.8. The van der Waals surface area contributed by atoms with Gasteiger partial charge in [-0.25, -0.2) is 27.9 Å². The minimum atomic E-state index is -4.20. The summed E-state index contributed by atoms with van der Waals surface area (Å²) in [6.07, 6.45) is 11.2. The number of amides is 1. The fourth-order valence-electron chi connectivity index (χ4n) is 10.2. The van der Waals surface area contributed by atoms with E-state index >= 15 is 0 Å². The first kappa shape index (κ1) is 31.0. The summed E-state index contributed by atoms with van der Waals surface area (Å²) in [6.45, 7) is 8.94. The standard InChI is InChI=1S/C32H49N3O7S/c1-19(18-41-29(38)35-43(39,40)22-16-33-28(34-17-22)42-30(2)10-5-11-30)23-6-7-24-27-25(9-13-32(23,24)4)31(3)12-8-21(36)14-20(31)15-26(27)37/h16-17,19-21,23-27,36-37H,5-15,18H2,1-4H3,(H,35,38)/t19-,20+,21-,23-,24+,25+,26-,27+,31+,32-/m1/s1. The summed E-state index contributed by atoms with van der Waals surface area (Å²) in [4.78, 5) is 20.4. The Labute approximate surface area is 255 Å². The van der Waals surface area contributed by atoms with Gasteiger partial charge in [0, 0.05) is 0 Å². The van der Waals surface area contributed by atoms with E-state index in [4.69, 9.17) is 9.47 Å². The molecule has 0 unspecified atom stereocenters. The Bertz CT molecular complexity index is 1300. The van der Waals surface area contributed by atoms with E-state index in [1.165, 1.54) is 0 Å². The van der Waals surface area contributed by atoms with E-state index < -0.39 is 16.1 Å². The molecule has 43 heavy (non-hydrogen) atoms. The van der Waals surface area contributed by atoms with Gasteiger partial charge in [0.25, 0.3) is 10.0 Å². The zero-order chi connectivity index (χ0) is 30.8. The van der Waals surface area contributed by atoms with Crippen LogP contribution in [0.25, 0.3) is 0 Å². The number of hydrogen-bond donors (Lipinski definition) is 3. The van der Waals surface area contributed by atoms with Crippen LogP contribution in [0.5, 0.6) is 6.01 Å². The topological polar surface area (TPSA) is 148 Å². The van der Waals surface area contributed by atoms with Crippen LogP contribution < -0.4 is 9.46 Å². The number of hydrogen-bond acceptors (Lipinski definition) is 9. The molecule has 10 nitrogen and oxygen atoms in total. The lowest BCUT2D eigenvalue weighted by Crippen LogP contribution is -2.58. The zero-order valence-corrected chi connectivity index (χ0v) is 26.8. The van der Waals surface area contributed by atoms with Gasteiger partial charge >= 0.3 is 12.1 Å². The predicted octanol–water partition coefficient (Wildman–Crippen LogP) is 4.84. The minimum absolute atomic E-state index is 0.0303. The minimum Gasteiger partial charge on any atom is -0.457 e. The Morgan fingerprint density at radius 1 is 1.00 bits per heavy atom.